The minimum atomic E-state index is -4.65. The number of carbonyl (C=O) groups is 2. The molecule has 0 bridgehead atoms. The van der Waals surface area contributed by atoms with Gasteiger partial charge in [-0.15, -0.1) is 0 Å². The molecule has 168 valence electrons. The van der Waals surface area contributed by atoms with Crippen molar-refractivity contribution in [2.45, 2.75) is 46.0 Å². The van der Waals surface area contributed by atoms with Gasteiger partial charge in [0.25, 0.3) is 0 Å². The molecule has 10 heteroatoms. The number of rotatable bonds is 5. The fourth-order valence-electron chi connectivity index (χ4n) is 2.55. The quantitative estimate of drug-likeness (QED) is 0.450. The van der Waals surface area contributed by atoms with Crippen LogP contribution in [0.15, 0.2) is 30.3 Å². The summed E-state index contributed by atoms with van der Waals surface area (Å²) in [5.74, 6) is -2.05. The van der Waals surface area contributed by atoms with Crippen molar-refractivity contribution < 1.29 is 37.3 Å². The second-order valence-electron chi connectivity index (χ2n) is 7.63. The van der Waals surface area contributed by atoms with Crippen LogP contribution in [0.5, 0.6) is 11.5 Å². The number of hydrogen-bond acceptors (Lipinski definition) is 6. The Labute approximate surface area is 181 Å². The maximum Gasteiger partial charge on any atom is 0.416 e. The third-order valence-corrected chi connectivity index (χ3v) is 4.07. The zero-order valence-corrected chi connectivity index (χ0v) is 17.9. The average Bonchev–Trinajstić information content (AvgIpc) is 2.59. The highest BCUT2D eigenvalue weighted by Crippen LogP contribution is 2.38. The largest absolute Gasteiger partial charge is 0.507 e. The highest BCUT2D eigenvalue weighted by Gasteiger charge is 2.32. The zero-order valence-electron chi connectivity index (χ0n) is 17.2. The van der Waals surface area contributed by atoms with Gasteiger partial charge in [0.1, 0.15) is 16.9 Å². The number of nitrogens with one attached hydrogen (secondary N) is 1. The van der Waals surface area contributed by atoms with E-state index in [1.165, 1.54) is 18.2 Å². The first kappa shape index (κ1) is 24.3. The summed E-state index contributed by atoms with van der Waals surface area (Å²) in [5.41, 5.74) is -1.55. The predicted molar refractivity (Wildman–Crippen MR) is 108 cm³/mol. The minimum Gasteiger partial charge on any atom is -0.507 e. The Morgan fingerprint density at radius 2 is 1.77 bits per heavy atom. The molecular weight excluding hydrogens is 439 g/mol. The van der Waals surface area contributed by atoms with E-state index in [9.17, 15) is 27.9 Å². The number of aromatic hydroxyl groups is 1. The van der Waals surface area contributed by atoms with E-state index >= 15 is 0 Å². The van der Waals surface area contributed by atoms with Crippen molar-refractivity contribution in [3.05, 3.63) is 52.0 Å². The van der Waals surface area contributed by atoms with Gasteiger partial charge in [0.15, 0.2) is 5.75 Å². The monoisotopic (exact) mass is 459 g/mol. The molecule has 2 rings (SSSR count). The molecule has 2 N–H and O–H groups in total. The second kappa shape index (κ2) is 9.05. The van der Waals surface area contributed by atoms with Crippen molar-refractivity contribution in [1.82, 2.24) is 0 Å². The molecule has 0 fully saturated rings. The molecule has 0 aliphatic rings. The van der Waals surface area contributed by atoms with Gasteiger partial charge in [0.2, 0.25) is 0 Å². The molecule has 0 aliphatic heterocycles. The number of halogens is 4. The molecule has 31 heavy (non-hydrogen) atoms. The molecule has 0 heterocycles. The number of esters is 2. The number of phenolic OH excluding ortho intramolecular Hbond substituents is 1. The van der Waals surface area contributed by atoms with E-state index < -0.39 is 29.3 Å². The Morgan fingerprint density at radius 3 is 2.29 bits per heavy atom. The van der Waals surface area contributed by atoms with Gasteiger partial charge in [-0.2, -0.15) is 13.2 Å². The summed E-state index contributed by atoms with van der Waals surface area (Å²) in [6.45, 7) is 5.92. The van der Waals surface area contributed by atoms with Crippen LogP contribution in [-0.4, -0.2) is 22.6 Å². The van der Waals surface area contributed by atoms with Crippen molar-refractivity contribution in [3.8, 4) is 11.5 Å². The van der Waals surface area contributed by atoms with E-state index in [-0.39, 0.29) is 34.2 Å². The molecule has 2 aromatic carbocycles. The van der Waals surface area contributed by atoms with Gasteiger partial charge in [-0.1, -0.05) is 11.6 Å². The van der Waals surface area contributed by atoms with Gasteiger partial charge in [0, 0.05) is 30.8 Å². The third-order valence-electron chi connectivity index (χ3n) is 3.79. The van der Waals surface area contributed by atoms with Crippen LogP contribution in [-0.2, 0) is 22.3 Å². The second-order valence-corrected chi connectivity index (χ2v) is 8.03. The van der Waals surface area contributed by atoms with Crippen LogP contribution >= 0.6 is 11.6 Å². The number of hydrogen-bond donors (Lipinski definition) is 2. The molecule has 0 radical (unpaired) electrons. The number of ether oxygens (including phenoxy) is 2. The van der Waals surface area contributed by atoms with Crippen molar-refractivity contribution >= 4 is 29.2 Å². The van der Waals surface area contributed by atoms with Crippen molar-refractivity contribution in [3.63, 3.8) is 0 Å². The number of benzene rings is 2. The summed E-state index contributed by atoms with van der Waals surface area (Å²) >= 11 is 5.90. The SMILES string of the molecule is CC(=O)Oc1c(Cl)cc(C(F)(F)F)cc1CNc1ccc(C(=O)OC(C)(C)C)c(O)c1. The van der Waals surface area contributed by atoms with E-state index in [4.69, 9.17) is 21.1 Å². The van der Waals surface area contributed by atoms with Gasteiger partial charge in [0.05, 0.1) is 10.6 Å². The molecule has 0 saturated carbocycles. The number of phenols is 1. The maximum absolute atomic E-state index is 13.1. The van der Waals surface area contributed by atoms with Crippen molar-refractivity contribution in [2.75, 3.05) is 5.32 Å². The highest BCUT2D eigenvalue weighted by atomic mass is 35.5. The molecule has 6 nitrogen and oxygen atoms in total. The van der Waals surface area contributed by atoms with Crippen LogP contribution in [0.3, 0.4) is 0 Å². The number of anilines is 1. The fraction of sp³-hybridized carbons (Fsp3) is 0.333. The van der Waals surface area contributed by atoms with Gasteiger partial charge < -0.3 is 19.9 Å². The predicted octanol–water partition coefficient (Wildman–Crippen LogP) is 5.56. The Bertz CT molecular complexity index is 1000. The van der Waals surface area contributed by atoms with Gasteiger partial charge >= 0.3 is 18.1 Å². The van der Waals surface area contributed by atoms with Gasteiger partial charge in [-0.3, -0.25) is 4.79 Å². The summed E-state index contributed by atoms with van der Waals surface area (Å²) in [5, 5.41) is 12.6. The first-order valence-corrected chi connectivity index (χ1v) is 9.43. The van der Waals surface area contributed by atoms with Crippen LogP contribution in [0.2, 0.25) is 5.02 Å². The zero-order chi connectivity index (χ0) is 23.6. The van der Waals surface area contributed by atoms with E-state index in [1.54, 1.807) is 20.8 Å². The Kier molecular flexibility index (Phi) is 7.10. The van der Waals surface area contributed by atoms with Crippen LogP contribution < -0.4 is 10.1 Å². The normalized spacial score (nSPS) is 11.7. The van der Waals surface area contributed by atoms with Crippen LogP contribution in [0, 0.1) is 0 Å². The van der Waals surface area contributed by atoms with Crippen molar-refractivity contribution in [2.24, 2.45) is 0 Å². The molecule has 0 unspecified atom stereocenters. The van der Waals surface area contributed by atoms with E-state index in [1.807, 2.05) is 0 Å². The summed E-state index contributed by atoms with van der Waals surface area (Å²) in [6.07, 6.45) is -4.65. The van der Waals surface area contributed by atoms with Crippen LogP contribution in [0.4, 0.5) is 18.9 Å². The first-order valence-electron chi connectivity index (χ1n) is 9.05. The molecule has 2 aromatic rings. The topological polar surface area (TPSA) is 84.9 Å². The molecule has 0 saturated heterocycles. The lowest BCUT2D eigenvalue weighted by atomic mass is 10.1. The lowest BCUT2D eigenvalue weighted by Crippen LogP contribution is -2.23. The fourth-order valence-corrected chi connectivity index (χ4v) is 2.83. The molecular formula is C21H21ClF3NO5. The van der Waals surface area contributed by atoms with E-state index in [0.717, 1.165) is 13.0 Å². The molecule has 0 aliphatic carbocycles. The van der Waals surface area contributed by atoms with E-state index in [0.29, 0.717) is 11.8 Å². The maximum atomic E-state index is 13.1. The van der Waals surface area contributed by atoms with E-state index in [2.05, 4.69) is 5.32 Å². The number of alkyl halides is 3. The standard InChI is InChI=1S/C21H21ClF3NO5/c1-11(27)30-18-12(7-13(8-16(18)22)21(23,24)25)10-26-14-5-6-15(17(28)9-14)19(29)31-20(2,3)4/h5-9,26,28H,10H2,1-4H3. The third kappa shape index (κ3) is 6.78. The van der Waals surface area contributed by atoms with Crippen LogP contribution in [0.25, 0.3) is 0 Å². The van der Waals surface area contributed by atoms with Gasteiger partial charge in [-0.25, -0.2) is 4.79 Å². The Hall–Kier alpha value is -2.94. The molecule has 0 spiro atoms. The minimum absolute atomic E-state index is 0.0225. The first-order chi connectivity index (χ1) is 14.2. The summed E-state index contributed by atoms with van der Waals surface area (Å²) in [4.78, 5) is 23.4. The van der Waals surface area contributed by atoms with Crippen LogP contribution in [0.1, 0.15) is 49.2 Å². The molecule has 0 aromatic heterocycles. The molecule has 0 amide bonds. The van der Waals surface area contributed by atoms with Crippen molar-refractivity contribution in [1.29, 1.82) is 0 Å². The molecule has 0 atom stereocenters. The Morgan fingerprint density at radius 1 is 1.13 bits per heavy atom. The highest BCUT2D eigenvalue weighted by molar-refractivity contribution is 6.32. The Balaban J connectivity index is 2.29. The summed E-state index contributed by atoms with van der Waals surface area (Å²) in [6, 6.07) is 5.47. The summed E-state index contributed by atoms with van der Waals surface area (Å²) in [7, 11) is 0. The van der Waals surface area contributed by atoms with Gasteiger partial charge in [-0.05, 0) is 45.0 Å². The average molecular weight is 460 g/mol. The summed E-state index contributed by atoms with van der Waals surface area (Å²) < 4.78 is 49.6. The number of carbonyl (C=O) groups excluding carboxylic acids is 2. The smallest absolute Gasteiger partial charge is 0.416 e. The lowest BCUT2D eigenvalue weighted by Gasteiger charge is -2.20. The lowest BCUT2D eigenvalue weighted by molar-refractivity contribution is -0.137.